The number of rotatable bonds is 8. The molecule has 0 fully saturated rings. The van der Waals surface area contributed by atoms with Crippen LogP contribution in [0.2, 0.25) is 0 Å². The predicted octanol–water partition coefficient (Wildman–Crippen LogP) is 2.55. The Labute approximate surface area is 159 Å². The van der Waals surface area contributed by atoms with E-state index in [0.717, 1.165) is 5.56 Å². The van der Waals surface area contributed by atoms with Gasteiger partial charge in [0.2, 0.25) is 15.9 Å². The monoisotopic (exact) mass is 383 g/mol. The molecule has 1 amide bonds. The fourth-order valence-corrected chi connectivity index (χ4v) is 3.45. The van der Waals surface area contributed by atoms with Crippen molar-refractivity contribution in [2.75, 3.05) is 13.1 Å². The molecule has 140 valence electrons. The fraction of sp³-hybridized carbons (Fsp3) is 0.200. The van der Waals surface area contributed by atoms with Crippen LogP contribution in [0.4, 0.5) is 0 Å². The Kier molecular flexibility index (Phi) is 7.29. The van der Waals surface area contributed by atoms with Crippen molar-refractivity contribution >= 4 is 22.0 Å². The highest BCUT2D eigenvalue weighted by molar-refractivity contribution is 7.89. The van der Waals surface area contributed by atoms with Crippen molar-refractivity contribution in [3.05, 3.63) is 71.8 Å². The summed E-state index contributed by atoms with van der Waals surface area (Å²) < 4.78 is 26.3. The minimum atomic E-state index is -3.50. The molecular formula is C20H21N3O3S. The molecule has 0 atom stereocenters. The van der Waals surface area contributed by atoms with Crippen LogP contribution in [0, 0.1) is 11.3 Å². The van der Waals surface area contributed by atoms with Gasteiger partial charge in [0.05, 0.1) is 11.0 Å². The molecule has 0 aliphatic heterocycles. The highest BCUT2D eigenvalue weighted by atomic mass is 32.2. The molecule has 2 aromatic carbocycles. The van der Waals surface area contributed by atoms with Crippen molar-refractivity contribution < 1.29 is 13.2 Å². The SMILES string of the molecule is CCNS(=O)(=O)c1ccc(C=CC(=O)N(CC#N)Cc2ccccc2)cc1. The zero-order valence-electron chi connectivity index (χ0n) is 15.0. The van der Waals surface area contributed by atoms with Gasteiger partial charge in [0.15, 0.2) is 0 Å². The minimum Gasteiger partial charge on any atom is -0.322 e. The molecule has 0 aliphatic rings. The Hall–Kier alpha value is -2.95. The van der Waals surface area contributed by atoms with Crippen LogP contribution >= 0.6 is 0 Å². The van der Waals surface area contributed by atoms with Crippen molar-refractivity contribution in [2.45, 2.75) is 18.4 Å². The zero-order valence-corrected chi connectivity index (χ0v) is 15.8. The van der Waals surface area contributed by atoms with Crippen LogP contribution in [0.5, 0.6) is 0 Å². The molecule has 0 heterocycles. The van der Waals surface area contributed by atoms with Crippen LogP contribution < -0.4 is 4.72 Å². The number of carbonyl (C=O) groups is 1. The average molecular weight is 383 g/mol. The lowest BCUT2D eigenvalue weighted by atomic mass is 10.2. The van der Waals surface area contributed by atoms with Crippen molar-refractivity contribution in [1.29, 1.82) is 5.26 Å². The average Bonchev–Trinajstić information content (AvgIpc) is 2.67. The first-order valence-electron chi connectivity index (χ1n) is 8.44. The molecule has 0 bridgehead atoms. The van der Waals surface area contributed by atoms with Gasteiger partial charge >= 0.3 is 0 Å². The molecule has 0 saturated heterocycles. The van der Waals surface area contributed by atoms with E-state index in [0.29, 0.717) is 18.7 Å². The third-order valence-corrected chi connectivity index (χ3v) is 5.29. The number of hydrogen-bond acceptors (Lipinski definition) is 4. The van der Waals surface area contributed by atoms with Gasteiger partial charge in [0.25, 0.3) is 0 Å². The standard InChI is InChI=1S/C20H21N3O3S/c1-2-22-27(25,26)19-11-8-17(9-12-19)10-13-20(24)23(15-14-21)16-18-6-4-3-5-7-18/h3-13,22H,2,15-16H2,1H3. The summed E-state index contributed by atoms with van der Waals surface area (Å²) in [7, 11) is -3.50. The molecule has 6 nitrogen and oxygen atoms in total. The first kappa shape index (κ1) is 20.4. The quantitative estimate of drug-likeness (QED) is 0.560. The molecule has 7 heteroatoms. The van der Waals surface area contributed by atoms with Gasteiger partial charge in [-0.2, -0.15) is 5.26 Å². The summed E-state index contributed by atoms with van der Waals surface area (Å²) in [5.41, 5.74) is 1.63. The van der Waals surface area contributed by atoms with Gasteiger partial charge in [0, 0.05) is 19.2 Å². The number of amides is 1. The van der Waals surface area contributed by atoms with Crippen LogP contribution in [-0.4, -0.2) is 32.3 Å². The largest absolute Gasteiger partial charge is 0.322 e. The Morgan fingerprint density at radius 3 is 2.41 bits per heavy atom. The molecule has 0 aromatic heterocycles. The molecule has 2 rings (SSSR count). The second-order valence-corrected chi connectivity index (χ2v) is 7.51. The highest BCUT2D eigenvalue weighted by Crippen LogP contribution is 2.12. The van der Waals surface area contributed by atoms with Gasteiger partial charge in [-0.25, -0.2) is 13.1 Å². The molecule has 0 unspecified atom stereocenters. The van der Waals surface area contributed by atoms with Crippen LogP contribution in [0.15, 0.2) is 65.6 Å². The number of benzene rings is 2. The molecule has 0 radical (unpaired) electrons. The number of hydrogen-bond donors (Lipinski definition) is 1. The fourth-order valence-electron chi connectivity index (χ4n) is 2.41. The number of nitriles is 1. The number of sulfonamides is 1. The summed E-state index contributed by atoms with van der Waals surface area (Å²) in [4.78, 5) is 14.0. The van der Waals surface area contributed by atoms with Crippen LogP contribution in [0.1, 0.15) is 18.1 Å². The molecule has 2 aromatic rings. The van der Waals surface area contributed by atoms with Crippen molar-refractivity contribution in [3.63, 3.8) is 0 Å². The Morgan fingerprint density at radius 2 is 1.81 bits per heavy atom. The topological polar surface area (TPSA) is 90.3 Å². The van der Waals surface area contributed by atoms with Crippen LogP contribution in [-0.2, 0) is 21.4 Å². The third-order valence-electron chi connectivity index (χ3n) is 3.73. The van der Waals surface area contributed by atoms with Crippen molar-refractivity contribution in [1.82, 2.24) is 9.62 Å². The Balaban J connectivity index is 2.08. The third kappa shape index (κ3) is 6.06. The number of nitrogens with zero attached hydrogens (tertiary/aromatic N) is 2. The van der Waals surface area contributed by atoms with Crippen molar-refractivity contribution in [2.24, 2.45) is 0 Å². The van der Waals surface area contributed by atoms with E-state index < -0.39 is 10.0 Å². The van der Waals surface area contributed by atoms with E-state index in [1.807, 2.05) is 36.4 Å². The maximum absolute atomic E-state index is 12.4. The van der Waals surface area contributed by atoms with E-state index >= 15 is 0 Å². The second kappa shape index (κ2) is 9.67. The summed E-state index contributed by atoms with van der Waals surface area (Å²) >= 11 is 0. The molecule has 1 N–H and O–H groups in total. The maximum Gasteiger partial charge on any atom is 0.247 e. The van der Waals surface area contributed by atoms with E-state index in [1.54, 1.807) is 25.1 Å². The van der Waals surface area contributed by atoms with Gasteiger partial charge in [-0.3, -0.25) is 4.79 Å². The lowest BCUT2D eigenvalue weighted by molar-refractivity contribution is -0.125. The second-order valence-electron chi connectivity index (χ2n) is 5.74. The van der Waals surface area contributed by atoms with Gasteiger partial charge in [-0.15, -0.1) is 0 Å². The molecule has 0 saturated carbocycles. The van der Waals surface area contributed by atoms with E-state index in [4.69, 9.17) is 5.26 Å². The zero-order chi connectivity index (χ0) is 19.7. The highest BCUT2D eigenvalue weighted by Gasteiger charge is 2.12. The van der Waals surface area contributed by atoms with Crippen LogP contribution in [0.25, 0.3) is 6.08 Å². The number of nitrogens with one attached hydrogen (secondary N) is 1. The minimum absolute atomic E-state index is 0.0159. The van der Waals surface area contributed by atoms with Crippen LogP contribution in [0.3, 0.4) is 0 Å². The summed E-state index contributed by atoms with van der Waals surface area (Å²) in [5.74, 6) is -0.287. The Morgan fingerprint density at radius 1 is 1.15 bits per heavy atom. The van der Waals surface area contributed by atoms with Gasteiger partial charge in [-0.05, 0) is 29.3 Å². The Bertz CT molecular complexity index is 931. The van der Waals surface area contributed by atoms with E-state index in [1.165, 1.54) is 23.1 Å². The van der Waals surface area contributed by atoms with E-state index in [9.17, 15) is 13.2 Å². The summed E-state index contributed by atoms with van der Waals surface area (Å²) in [6.45, 7) is 2.35. The molecular weight excluding hydrogens is 362 g/mol. The normalized spacial score (nSPS) is 11.3. The van der Waals surface area contributed by atoms with Crippen molar-refractivity contribution in [3.8, 4) is 6.07 Å². The molecule has 0 spiro atoms. The predicted molar refractivity (Wildman–Crippen MR) is 104 cm³/mol. The lowest BCUT2D eigenvalue weighted by Crippen LogP contribution is -2.29. The summed E-state index contributed by atoms with van der Waals surface area (Å²) in [6, 6.07) is 17.7. The molecule has 27 heavy (non-hydrogen) atoms. The van der Waals surface area contributed by atoms with Gasteiger partial charge < -0.3 is 4.90 Å². The van der Waals surface area contributed by atoms with E-state index in [-0.39, 0.29) is 17.3 Å². The van der Waals surface area contributed by atoms with Gasteiger partial charge in [0.1, 0.15) is 6.54 Å². The maximum atomic E-state index is 12.4. The first-order valence-corrected chi connectivity index (χ1v) is 9.92. The molecule has 0 aliphatic carbocycles. The lowest BCUT2D eigenvalue weighted by Gasteiger charge is -2.17. The summed E-state index contributed by atoms with van der Waals surface area (Å²) in [5, 5.41) is 8.97. The van der Waals surface area contributed by atoms with E-state index in [2.05, 4.69) is 4.72 Å². The summed E-state index contributed by atoms with van der Waals surface area (Å²) in [6.07, 6.45) is 2.98. The smallest absolute Gasteiger partial charge is 0.247 e. The van der Waals surface area contributed by atoms with Gasteiger partial charge in [-0.1, -0.05) is 49.4 Å². The number of carbonyl (C=O) groups excluding carboxylic acids is 1. The first-order chi connectivity index (χ1) is 13.0.